The molecule has 10 heteroatoms. The molecule has 3 amide bonds. The molecule has 0 aromatic heterocycles. The predicted molar refractivity (Wildman–Crippen MR) is 122 cm³/mol. The molecule has 10 nitrogen and oxygen atoms in total. The summed E-state index contributed by atoms with van der Waals surface area (Å²) in [5.41, 5.74) is -0.901. The van der Waals surface area contributed by atoms with E-state index in [1.165, 1.54) is 4.90 Å². The summed E-state index contributed by atoms with van der Waals surface area (Å²) in [7, 11) is 0. The zero-order chi connectivity index (χ0) is 24.6. The first-order valence-electron chi connectivity index (χ1n) is 12.0. The fraction of sp³-hybridized carbons (Fsp3) is 0.870. The molecule has 4 fully saturated rings. The topological polar surface area (TPSA) is 112 Å². The van der Waals surface area contributed by atoms with Crippen molar-refractivity contribution in [1.82, 2.24) is 20.0 Å². The molecule has 4 saturated heterocycles. The highest BCUT2D eigenvalue weighted by Gasteiger charge is 2.45. The quantitative estimate of drug-likeness (QED) is 0.562. The summed E-state index contributed by atoms with van der Waals surface area (Å²) in [6.07, 6.45) is 2.56. The predicted octanol–water partition coefficient (Wildman–Crippen LogP) is 3.11. The molecule has 188 valence electrons. The normalized spacial score (nSPS) is 28.7. The zero-order valence-electron chi connectivity index (χ0n) is 20.8. The van der Waals surface area contributed by atoms with Crippen LogP contribution in [0.5, 0.6) is 0 Å². The molecule has 33 heavy (non-hydrogen) atoms. The second-order valence-corrected chi connectivity index (χ2v) is 11.4. The van der Waals surface area contributed by atoms with Gasteiger partial charge in [0.2, 0.25) is 0 Å². The van der Waals surface area contributed by atoms with Gasteiger partial charge in [0.25, 0.3) is 0 Å². The van der Waals surface area contributed by atoms with Crippen LogP contribution in [0.15, 0.2) is 0 Å². The fourth-order valence-electron chi connectivity index (χ4n) is 5.06. The fourth-order valence-corrected chi connectivity index (χ4v) is 5.06. The number of carboxylic acid groups (broad SMARTS) is 1. The minimum atomic E-state index is -0.907. The maximum absolute atomic E-state index is 12.1. The Kier molecular flexibility index (Phi) is 7.36. The lowest BCUT2D eigenvalue weighted by Gasteiger charge is -2.40. The average Bonchev–Trinajstić information content (AvgIpc) is 3.08. The molecule has 0 aromatic rings. The summed E-state index contributed by atoms with van der Waals surface area (Å²) in [6, 6.07) is 0.626. The molecule has 2 N–H and O–H groups in total. The highest BCUT2D eigenvalue weighted by Crippen LogP contribution is 2.32. The number of nitrogens with one attached hydrogen (secondary N) is 1. The van der Waals surface area contributed by atoms with E-state index in [0.717, 1.165) is 38.8 Å². The maximum atomic E-state index is 12.1. The standard InChI is InChI=1S/C12H20N2O4.C11H20N2O2/c1-12(2,3)18-11(17)14-8-4-5-9(14)7-13(6-8)10(15)16;1-11(2,3)15-10(14)13-8-4-5-9(13)7-12-6-8/h8-9H,4-7H2,1-3H3,(H,15,16);8-9,12H,4-7H2,1-3H3. The van der Waals surface area contributed by atoms with Crippen LogP contribution < -0.4 is 5.32 Å². The minimum absolute atomic E-state index is 0.0327. The number of nitrogens with zero attached hydrogens (tertiary/aromatic N) is 3. The molecule has 0 spiro atoms. The second-order valence-electron chi connectivity index (χ2n) is 11.4. The first-order chi connectivity index (χ1) is 15.2. The van der Waals surface area contributed by atoms with Crippen molar-refractivity contribution in [2.45, 2.75) is 103 Å². The van der Waals surface area contributed by atoms with Gasteiger partial charge in [0.1, 0.15) is 11.2 Å². The highest BCUT2D eigenvalue weighted by molar-refractivity contribution is 5.71. The molecule has 4 bridgehead atoms. The van der Waals surface area contributed by atoms with Crippen LogP contribution in [0.3, 0.4) is 0 Å². The van der Waals surface area contributed by atoms with Crippen LogP contribution in [-0.2, 0) is 9.47 Å². The van der Waals surface area contributed by atoms with Crippen molar-refractivity contribution >= 4 is 18.3 Å². The maximum Gasteiger partial charge on any atom is 0.410 e. The van der Waals surface area contributed by atoms with E-state index in [4.69, 9.17) is 14.6 Å². The summed E-state index contributed by atoms with van der Waals surface area (Å²) in [5, 5.41) is 12.3. The van der Waals surface area contributed by atoms with Gasteiger partial charge < -0.3 is 24.8 Å². The van der Waals surface area contributed by atoms with Crippen LogP contribution >= 0.6 is 0 Å². The van der Waals surface area contributed by atoms with Gasteiger partial charge in [-0.25, -0.2) is 14.4 Å². The van der Waals surface area contributed by atoms with E-state index in [0.29, 0.717) is 25.2 Å². The van der Waals surface area contributed by atoms with Crippen LogP contribution in [0.2, 0.25) is 0 Å². The van der Waals surface area contributed by atoms with E-state index in [2.05, 4.69) is 5.32 Å². The largest absolute Gasteiger partial charge is 0.465 e. The molecule has 0 radical (unpaired) electrons. The van der Waals surface area contributed by atoms with E-state index in [-0.39, 0.29) is 29.9 Å². The number of carbonyl (C=O) groups excluding carboxylic acids is 2. The second kappa shape index (κ2) is 9.56. The van der Waals surface area contributed by atoms with Crippen molar-refractivity contribution in [2.75, 3.05) is 26.2 Å². The van der Waals surface area contributed by atoms with Gasteiger partial charge in [-0.05, 0) is 67.2 Å². The minimum Gasteiger partial charge on any atom is -0.465 e. The Morgan fingerprint density at radius 2 is 1.09 bits per heavy atom. The van der Waals surface area contributed by atoms with Gasteiger partial charge in [0, 0.05) is 38.3 Å². The Morgan fingerprint density at radius 3 is 1.45 bits per heavy atom. The highest BCUT2D eigenvalue weighted by atomic mass is 16.6. The third kappa shape index (κ3) is 6.43. The molecule has 4 aliphatic heterocycles. The molecule has 4 atom stereocenters. The number of likely N-dealkylation sites (tertiary alicyclic amines) is 1. The van der Waals surface area contributed by atoms with Crippen molar-refractivity contribution < 1.29 is 29.0 Å². The SMILES string of the molecule is CC(C)(C)OC(=O)N1C2CCC1CN(C(=O)O)C2.CC(C)(C)OC(=O)N1C2CCC1CNC2. The number of hydrogen-bond acceptors (Lipinski definition) is 6. The van der Waals surface area contributed by atoms with Crippen molar-refractivity contribution in [3.8, 4) is 0 Å². The molecule has 0 aliphatic carbocycles. The Bertz CT molecular complexity index is 716. The zero-order valence-corrected chi connectivity index (χ0v) is 20.8. The molecule has 4 rings (SSSR count). The smallest absolute Gasteiger partial charge is 0.410 e. The molecule has 4 unspecified atom stereocenters. The monoisotopic (exact) mass is 468 g/mol. The number of piperazine rings is 2. The summed E-state index contributed by atoms with van der Waals surface area (Å²) in [6.45, 7) is 13.8. The van der Waals surface area contributed by atoms with Crippen molar-refractivity contribution in [1.29, 1.82) is 0 Å². The van der Waals surface area contributed by atoms with Gasteiger partial charge in [0.05, 0.1) is 12.1 Å². The number of amides is 3. The first kappa shape index (κ1) is 25.4. The van der Waals surface area contributed by atoms with Crippen molar-refractivity contribution in [2.24, 2.45) is 0 Å². The lowest BCUT2D eigenvalue weighted by Crippen LogP contribution is -2.57. The number of hydrogen-bond donors (Lipinski definition) is 2. The third-order valence-electron chi connectivity index (χ3n) is 6.34. The van der Waals surface area contributed by atoms with Gasteiger partial charge in [-0.15, -0.1) is 0 Å². The Balaban J connectivity index is 0.000000189. The van der Waals surface area contributed by atoms with Crippen LogP contribution in [0.1, 0.15) is 67.2 Å². The van der Waals surface area contributed by atoms with Gasteiger partial charge in [-0.3, -0.25) is 9.80 Å². The van der Waals surface area contributed by atoms with E-state index >= 15 is 0 Å². The van der Waals surface area contributed by atoms with Crippen molar-refractivity contribution in [3.63, 3.8) is 0 Å². The number of carbonyl (C=O) groups is 3. The molecular formula is C23H40N4O6. The summed E-state index contributed by atoms with van der Waals surface area (Å²) in [5.74, 6) is 0. The lowest BCUT2D eigenvalue weighted by molar-refractivity contribution is -0.00290. The van der Waals surface area contributed by atoms with Crippen LogP contribution in [0, 0.1) is 0 Å². The van der Waals surface area contributed by atoms with Gasteiger partial charge in [-0.2, -0.15) is 0 Å². The molecule has 4 heterocycles. The van der Waals surface area contributed by atoms with E-state index in [9.17, 15) is 14.4 Å². The molecule has 0 saturated carbocycles. The summed E-state index contributed by atoms with van der Waals surface area (Å²) < 4.78 is 10.8. The van der Waals surface area contributed by atoms with Gasteiger partial charge in [0.15, 0.2) is 0 Å². The van der Waals surface area contributed by atoms with Crippen LogP contribution in [0.25, 0.3) is 0 Å². The van der Waals surface area contributed by atoms with Crippen molar-refractivity contribution in [3.05, 3.63) is 0 Å². The van der Waals surface area contributed by atoms with E-state index in [1.54, 1.807) is 4.90 Å². The summed E-state index contributed by atoms with van der Waals surface area (Å²) >= 11 is 0. The number of fused-ring (bicyclic) bond motifs is 4. The third-order valence-corrected chi connectivity index (χ3v) is 6.34. The number of ether oxygens (including phenoxy) is 2. The number of rotatable bonds is 0. The van der Waals surface area contributed by atoms with E-state index in [1.807, 2.05) is 46.4 Å². The molecule has 0 aromatic carbocycles. The summed E-state index contributed by atoms with van der Waals surface area (Å²) in [4.78, 5) is 40.1. The first-order valence-corrected chi connectivity index (χ1v) is 12.0. The molecular weight excluding hydrogens is 428 g/mol. The lowest BCUT2D eigenvalue weighted by atomic mass is 10.2. The molecule has 4 aliphatic rings. The van der Waals surface area contributed by atoms with E-state index < -0.39 is 11.7 Å². The van der Waals surface area contributed by atoms with Gasteiger partial charge in [-0.1, -0.05) is 0 Å². The Hall–Kier alpha value is -2.23. The van der Waals surface area contributed by atoms with Crippen LogP contribution in [-0.4, -0.2) is 99.6 Å². The average molecular weight is 469 g/mol. The van der Waals surface area contributed by atoms with Crippen LogP contribution in [0.4, 0.5) is 14.4 Å². The Labute approximate surface area is 196 Å². The van der Waals surface area contributed by atoms with Gasteiger partial charge >= 0.3 is 18.3 Å². The Morgan fingerprint density at radius 1 is 0.727 bits per heavy atom.